The van der Waals surface area contributed by atoms with Crippen LogP contribution in [0.3, 0.4) is 0 Å². The predicted octanol–water partition coefficient (Wildman–Crippen LogP) is 1.95. The van der Waals surface area contributed by atoms with Crippen LogP contribution in [0.4, 0.5) is 0 Å². The highest BCUT2D eigenvalue weighted by Crippen LogP contribution is 2.45. The van der Waals surface area contributed by atoms with Crippen LogP contribution in [-0.2, 0) is 10.2 Å². The van der Waals surface area contributed by atoms with Crippen molar-refractivity contribution in [3.63, 3.8) is 0 Å². The lowest BCUT2D eigenvalue weighted by Crippen LogP contribution is -2.67. The van der Waals surface area contributed by atoms with Gasteiger partial charge in [0.15, 0.2) is 0 Å². The summed E-state index contributed by atoms with van der Waals surface area (Å²) < 4.78 is 0. The largest absolute Gasteiger partial charge is 0.386 e. The molecule has 1 aliphatic carbocycles. The number of aliphatic hydroxyl groups is 1. The monoisotopic (exact) mass is 259 g/mol. The molecule has 1 saturated carbocycles. The molecule has 1 aromatic carbocycles. The van der Waals surface area contributed by atoms with E-state index in [-0.39, 0.29) is 5.91 Å². The number of rotatable bonds is 3. The first-order chi connectivity index (χ1) is 8.93. The molecule has 1 aliphatic heterocycles. The number of hydrogen-bond acceptors (Lipinski definition) is 2. The number of likely N-dealkylation sites (tertiary alicyclic amines) is 1. The SMILES string of the molecule is CC(C)(C(=O)N1CC(O)(C2CC2)C1)c1ccccc1. The van der Waals surface area contributed by atoms with Crippen LogP contribution in [-0.4, -0.2) is 34.6 Å². The highest BCUT2D eigenvalue weighted by molar-refractivity contribution is 5.88. The number of hydrogen-bond donors (Lipinski definition) is 1. The van der Waals surface area contributed by atoms with Gasteiger partial charge in [-0.2, -0.15) is 0 Å². The minimum absolute atomic E-state index is 0.115. The van der Waals surface area contributed by atoms with Gasteiger partial charge in [0.1, 0.15) is 5.60 Å². The average molecular weight is 259 g/mol. The van der Waals surface area contributed by atoms with E-state index in [9.17, 15) is 9.90 Å². The van der Waals surface area contributed by atoms with E-state index < -0.39 is 11.0 Å². The summed E-state index contributed by atoms with van der Waals surface area (Å²) >= 11 is 0. The fourth-order valence-electron chi connectivity index (χ4n) is 3.01. The minimum Gasteiger partial charge on any atom is -0.386 e. The molecule has 1 N–H and O–H groups in total. The van der Waals surface area contributed by atoms with E-state index >= 15 is 0 Å². The molecule has 1 aromatic rings. The van der Waals surface area contributed by atoms with Crippen LogP contribution in [0.5, 0.6) is 0 Å². The van der Waals surface area contributed by atoms with Gasteiger partial charge < -0.3 is 10.0 Å². The summed E-state index contributed by atoms with van der Waals surface area (Å²) in [5, 5.41) is 10.3. The molecule has 1 heterocycles. The van der Waals surface area contributed by atoms with Gasteiger partial charge in [-0.1, -0.05) is 30.3 Å². The lowest BCUT2D eigenvalue weighted by molar-refractivity contribution is -0.164. The van der Waals surface area contributed by atoms with Crippen molar-refractivity contribution in [2.24, 2.45) is 5.92 Å². The van der Waals surface area contributed by atoms with Crippen molar-refractivity contribution < 1.29 is 9.90 Å². The Bertz CT molecular complexity index is 485. The van der Waals surface area contributed by atoms with Gasteiger partial charge in [0.05, 0.1) is 18.5 Å². The molecule has 0 aromatic heterocycles. The van der Waals surface area contributed by atoms with Crippen LogP contribution >= 0.6 is 0 Å². The molecule has 1 amide bonds. The van der Waals surface area contributed by atoms with Crippen molar-refractivity contribution >= 4 is 5.91 Å². The highest BCUT2D eigenvalue weighted by atomic mass is 16.3. The summed E-state index contributed by atoms with van der Waals surface area (Å²) in [4.78, 5) is 14.4. The van der Waals surface area contributed by atoms with E-state index in [2.05, 4.69) is 0 Å². The normalized spacial score (nSPS) is 21.9. The minimum atomic E-state index is -0.595. The molecule has 1 saturated heterocycles. The third-order valence-corrected chi connectivity index (χ3v) is 4.58. The Hall–Kier alpha value is -1.35. The van der Waals surface area contributed by atoms with E-state index in [4.69, 9.17) is 0 Å². The Morgan fingerprint density at radius 2 is 1.84 bits per heavy atom. The highest BCUT2D eigenvalue weighted by Gasteiger charge is 2.54. The Morgan fingerprint density at radius 3 is 2.37 bits per heavy atom. The van der Waals surface area contributed by atoms with Crippen LogP contribution in [0.1, 0.15) is 32.3 Å². The molecule has 3 heteroatoms. The van der Waals surface area contributed by atoms with Crippen molar-refractivity contribution in [1.29, 1.82) is 0 Å². The molecule has 0 atom stereocenters. The maximum absolute atomic E-state index is 12.6. The number of β-amino-alcohol motifs (C(OH)–C–C–N with tert-alkyl or cyclic N) is 1. The number of nitrogens with zero attached hydrogens (tertiary/aromatic N) is 1. The van der Waals surface area contributed by atoms with E-state index in [1.54, 1.807) is 4.90 Å². The first-order valence-corrected chi connectivity index (χ1v) is 7.01. The lowest BCUT2D eigenvalue weighted by atomic mass is 9.80. The summed E-state index contributed by atoms with van der Waals surface area (Å²) in [6.45, 7) is 4.93. The van der Waals surface area contributed by atoms with Gasteiger partial charge in [-0.05, 0) is 38.2 Å². The Kier molecular flexibility index (Phi) is 2.72. The summed E-state index contributed by atoms with van der Waals surface area (Å²) in [5.41, 5.74) is -0.0870. The van der Waals surface area contributed by atoms with Crippen molar-refractivity contribution in [3.05, 3.63) is 35.9 Å². The van der Waals surface area contributed by atoms with Crippen LogP contribution in [0.25, 0.3) is 0 Å². The second kappa shape index (κ2) is 4.07. The van der Waals surface area contributed by atoms with Gasteiger partial charge in [-0.25, -0.2) is 0 Å². The van der Waals surface area contributed by atoms with Crippen LogP contribution in [0.2, 0.25) is 0 Å². The molecule has 0 spiro atoms. The maximum Gasteiger partial charge on any atom is 0.232 e. The lowest BCUT2D eigenvalue weighted by Gasteiger charge is -2.49. The first-order valence-electron chi connectivity index (χ1n) is 7.01. The van der Waals surface area contributed by atoms with Crippen molar-refractivity contribution in [1.82, 2.24) is 4.90 Å². The molecule has 19 heavy (non-hydrogen) atoms. The van der Waals surface area contributed by atoms with E-state index in [1.165, 1.54) is 0 Å². The van der Waals surface area contributed by atoms with Gasteiger partial charge in [0.25, 0.3) is 0 Å². The predicted molar refractivity (Wildman–Crippen MR) is 73.7 cm³/mol. The molecule has 102 valence electrons. The van der Waals surface area contributed by atoms with E-state index in [0.717, 1.165) is 18.4 Å². The molecule has 2 aliphatic rings. The molecule has 3 rings (SSSR count). The van der Waals surface area contributed by atoms with Crippen molar-refractivity contribution in [2.75, 3.05) is 13.1 Å². The van der Waals surface area contributed by atoms with Crippen LogP contribution in [0.15, 0.2) is 30.3 Å². The number of benzene rings is 1. The fourth-order valence-corrected chi connectivity index (χ4v) is 3.01. The molecular weight excluding hydrogens is 238 g/mol. The molecule has 0 radical (unpaired) electrons. The average Bonchev–Trinajstić information content (AvgIpc) is 3.19. The van der Waals surface area contributed by atoms with Gasteiger partial charge in [0, 0.05) is 0 Å². The number of carbonyl (C=O) groups is 1. The Balaban J connectivity index is 1.71. The van der Waals surface area contributed by atoms with Gasteiger partial charge >= 0.3 is 0 Å². The van der Waals surface area contributed by atoms with Gasteiger partial charge in [-0.15, -0.1) is 0 Å². The molecule has 2 fully saturated rings. The maximum atomic E-state index is 12.6. The summed E-state index contributed by atoms with van der Waals surface area (Å²) in [5.74, 6) is 0.542. The second-order valence-corrected chi connectivity index (χ2v) is 6.53. The topological polar surface area (TPSA) is 40.5 Å². The zero-order valence-corrected chi connectivity index (χ0v) is 11.6. The fraction of sp³-hybridized carbons (Fsp3) is 0.562. The quantitative estimate of drug-likeness (QED) is 0.901. The Morgan fingerprint density at radius 1 is 1.26 bits per heavy atom. The summed E-state index contributed by atoms with van der Waals surface area (Å²) in [6, 6.07) is 9.86. The Labute approximate surface area is 114 Å². The molecule has 3 nitrogen and oxygen atoms in total. The second-order valence-electron chi connectivity index (χ2n) is 6.53. The molecule has 0 bridgehead atoms. The zero-order chi connectivity index (χ0) is 13.7. The molecule has 0 unspecified atom stereocenters. The number of carbonyl (C=O) groups excluding carboxylic acids is 1. The van der Waals surface area contributed by atoms with Crippen molar-refractivity contribution in [3.8, 4) is 0 Å². The van der Waals surface area contributed by atoms with Gasteiger partial charge in [0.2, 0.25) is 5.91 Å². The third-order valence-electron chi connectivity index (χ3n) is 4.58. The zero-order valence-electron chi connectivity index (χ0n) is 11.6. The first kappa shape index (κ1) is 12.7. The van der Waals surface area contributed by atoms with Crippen LogP contribution < -0.4 is 0 Å². The smallest absolute Gasteiger partial charge is 0.232 e. The van der Waals surface area contributed by atoms with E-state index in [1.807, 2.05) is 44.2 Å². The standard InChI is InChI=1S/C16H21NO2/c1-15(2,12-6-4-3-5-7-12)14(18)17-10-16(19,11-17)13-8-9-13/h3-7,13,19H,8-11H2,1-2H3. The van der Waals surface area contributed by atoms with Gasteiger partial charge in [-0.3, -0.25) is 4.79 Å². The van der Waals surface area contributed by atoms with E-state index in [0.29, 0.717) is 19.0 Å². The van der Waals surface area contributed by atoms with Crippen LogP contribution in [0, 0.1) is 5.92 Å². The summed E-state index contributed by atoms with van der Waals surface area (Å²) in [6.07, 6.45) is 2.22. The third kappa shape index (κ3) is 2.06. The molecular formula is C16H21NO2. The summed E-state index contributed by atoms with van der Waals surface area (Å²) in [7, 11) is 0. The number of amides is 1. The van der Waals surface area contributed by atoms with Crippen molar-refractivity contribution in [2.45, 2.75) is 37.7 Å².